The van der Waals surface area contributed by atoms with E-state index in [1.165, 1.54) is 5.57 Å². The Morgan fingerprint density at radius 1 is 1.25 bits per heavy atom. The van der Waals surface area contributed by atoms with Crippen molar-refractivity contribution >= 4 is 20.4 Å². The minimum Gasteiger partial charge on any atom is -0.574 e. The molecule has 0 N–H and O–H groups in total. The molecule has 5 heteroatoms. The van der Waals surface area contributed by atoms with Gasteiger partial charge >= 0.3 is 17.1 Å². The Morgan fingerprint density at radius 3 is 1.69 bits per heavy atom. The van der Waals surface area contributed by atoms with Crippen molar-refractivity contribution in [3.8, 4) is 0 Å². The van der Waals surface area contributed by atoms with Gasteiger partial charge in [-0.15, -0.1) is 13.3 Å². The van der Waals surface area contributed by atoms with Crippen molar-refractivity contribution in [2.75, 3.05) is 6.61 Å². The van der Waals surface area contributed by atoms with Gasteiger partial charge in [-0.3, -0.25) is 6.08 Å². The first-order valence-corrected chi connectivity index (χ1v) is 3.93. The molecule has 1 fully saturated rings. The molecule has 0 atom stereocenters. The van der Waals surface area contributed by atoms with E-state index in [4.69, 9.17) is 14.4 Å². The fourth-order valence-corrected chi connectivity index (χ4v) is 0.499. The van der Waals surface area contributed by atoms with Crippen molar-refractivity contribution in [3.63, 3.8) is 0 Å². The molecule has 0 amide bonds. The van der Waals surface area contributed by atoms with Crippen LogP contribution in [0.1, 0.15) is 13.3 Å². The van der Waals surface area contributed by atoms with Crippen LogP contribution in [0.3, 0.4) is 0 Å². The molecular formula is C11H16MnO4. The Bertz CT molecular complexity index is 169. The Hall–Kier alpha value is -1.03. The van der Waals surface area contributed by atoms with Gasteiger partial charge in [-0.2, -0.15) is 12.7 Å². The summed E-state index contributed by atoms with van der Waals surface area (Å²) in [5.74, 6) is 0. The molecule has 0 aromatic rings. The van der Waals surface area contributed by atoms with Gasteiger partial charge in [0.2, 0.25) is 0 Å². The van der Waals surface area contributed by atoms with Gasteiger partial charge in [0.15, 0.2) is 0 Å². The van der Waals surface area contributed by atoms with Gasteiger partial charge in [-0.1, -0.05) is 6.61 Å². The maximum atomic E-state index is 8.00. The van der Waals surface area contributed by atoms with E-state index in [0.29, 0.717) is 0 Å². The minimum atomic E-state index is 0. The second-order valence-corrected chi connectivity index (χ2v) is 2.00. The molecule has 1 aliphatic carbocycles. The molecule has 2 rings (SSSR count). The SMILES string of the molecule is C=O.C=O.C=O.CC1=CC[C-]=C1.[CH-]1CO1.[Mn+2]. The van der Waals surface area contributed by atoms with Gasteiger partial charge < -0.3 is 19.1 Å². The van der Waals surface area contributed by atoms with Crippen LogP contribution >= 0.6 is 0 Å². The molecule has 0 unspecified atom stereocenters. The second-order valence-electron chi connectivity index (χ2n) is 2.00. The van der Waals surface area contributed by atoms with Crippen molar-refractivity contribution in [1.82, 2.24) is 0 Å². The summed E-state index contributed by atoms with van der Waals surface area (Å²) in [5.41, 5.74) is 1.34. The van der Waals surface area contributed by atoms with Crippen LogP contribution in [-0.4, -0.2) is 27.0 Å². The van der Waals surface area contributed by atoms with E-state index in [9.17, 15) is 0 Å². The van der Waals surface area contributed by atoms with E-state index in [2.05, 4.69) is 23.8 Å². The molecule has 0 spiro atoms. The molecule has 16 heavy (non-hydrogen) atoms. The summed E-state index contributed by atoms with van der Waals surface area (Å²) < 4.78 is 4.38. The van der Waals surface area contributed by atoms with E-state index in [1.807, 2.05) is 26.4 Å². The van der Waals surface area contributed by atoms with E-state index >= 15 is 0 Å². The van der Waals surface area contributed by atoms with Crippen LogP contribution in [0.5, 0.6) is 0 Å². The molecule has 1 saturated heterocycles. The maximum absolute atomic E-state index is 8.00. The maximum Gasteiger partial charge on any atom is 2.00 e. The molecule has 91 valence electrons. The van der Waals surface area contributed by atoms with Crippen LogP contribution in [-0.2, 0) is 36.2 Å². The van der Waals surface area contributed by atoms with Gasteiger partial charge in [0, 0.05) is 0 Å². The topological polar surface area (TPSA) is 63.7 Å². The number of allylic oxidation sites excluding steroid dienone is 4. The zero-order valence-corrected chi connectivity index (χ0v) is 10.5. The zero-order chi connectivity index (χ0) is 12.5. The summed E-state index contributed by atoms with van der Waals surface area (Å²) >= 11 is 0. The molecule has 1 radical (unpaired) electrons. The molecule has 2 aliphatic rings. The summed E-state index contributed by atoms with van der Waals surface area (Å²) in [5, 5.41) is 0. The van der Waals surface area contributed by atoms with Crippen molar-refractivity contribution in [2.24, 2.45) is 0 Å². The Labute approximate surface area is 107 Å². The Kier molecular flexibility index (Phi) is 44.3. The van der Waals surface area contributed by atoms with Crippen LogP contribution in [0.15, 0.2) is 17.7 Å². The van der Waals surface area contributed by atoms with E-state index in [-0.39, 0.29) is 17.1 Å². The molecule has 0 aromatic heterocycles. The van der Waals surface area contributed by atoms with Crippen molar-refractivity contribution in [1.29, 1.82) is 0 Å². The van der Waals surface area contributed by atoms with Gasteiger partial charge in [0.25, 0.3) is 0 Å². The third-order valence-corrected chi connectivity index (χ3v) is 1.04. The standard InChI is InChI=1S/C6H7.C2H3O.3CH2O.Mn/c1-6-4-2-3-5-6;1-2-3-1;3*1-2;/h4-5H,2H2,1H3;1H,2H2;3*1H2;/q2*-1;;;;+2. The number of hydrogen-bond donors (Lipinski definition) is 0. The van der Waals surface area contributed by atoms with E-state index in [1.54, 1.807) is 6.61 Å². The number of rotatable bonds is 0. The van der Waals surface area contributed by atoms with Crippen LogP contribution < -0.4 is 0 Å². The van der Waals surface area contributed by atoms with Crippen LogP contribution in [0, 0.1) is 12.7 Å². The average molecular weight is 267 g/mol. The van der Waals surface area contributed by atoms with Crippen molar-refractivity contribution in [3.05, 3.63) is 30.4 Å². The minimum absolute atomic E-state index is 0. The summed E-state index contributed by atoms with van der Waals surface area (Å²) in [4.78, 5) is 24.0. The monoisotopic (exact) mass is 267 g/mol. The third-order valence-electron chi connectivity index (χ3n) is 1.04. The smallest absolute Gasteiger partial charge is 0.574 e. The second kappa shape index (κ2) is 29.2. The van der Waals surface area contributed by atoms with Gasteiger partial charge in [-0.05, 0) is 0 Å². The molecule has 1 heterocycles. The average Bonchev–Trinajstić information content (AvgIpc) is 3.16. The van der Waals surface area contributed by atoms with Gasteiger partial charge in [0.05, 0.1) is 0 Å². The molecular weight excluding hydrogens is 251 g/mol. The summed E-state index contributed by atoms with van der Waals surface area (Å²) in [6, 6.07) is 0. The first kappa shape index (κ1) is 24.3. The fraction of sp³-hybridized carbons (Fsp3) is 0.273. The van der Waals surface area contributed by atoms with Crippen LogP contribution in [0.4, 0.5) is 0 Å². The molecule has 0 saturated carbocycles. The predicted octanol–water partition coefficient (Wildman–Crippen LogP) is 1.32. The fourth-order valence-electron chi connectivity index (χ4n) is 0.499. The first-order chi connectivity index (χ1) is 7.39. The van der Waals surface area contributed by atoms with Crippen LogP contribution in [0.2, 0.25) is 0 Å². The molecule has 1 aliphatic heterocycles. The molecule has 4 nitrogen and oxygen atoms in total. The Morgan fingerprint density at radius 2 is 1.62 bits per heavy atom. The molecule has 0 bridgehead atoms. The van der Waals surface area contributed by atoms with E-state index in [0.717, 1.165) is 13.0 Å². The number of ether oxygens (including phenoxy) is 1. The zero-order valence-electron chi connectivity index (χ0n) is 9.28. The normalized spacial score (nSPS) is 12.2. The van der Waals surface area contributed by atoms with Crippen molar-refractivity contribution in [2.45, 2.75) is 13.3 Å². The van der Waals surface area contributed by atoms with Gasteiger partial charge in [-0.25, -0.2) is 11.6 Å². The number of carbonyl (C=O) groups is 3. The molecule has 0 aromatic carbocycles. The number of hydrogen-bond acceptors (Lipinski definition) is 4. The summed E-state index contributed by atoms with van der Waals surface area (Å²) in [6.45, 7) is 10.7. The third kappa shape index (κ3) is 38.3. The largest absolute Gasteiger partial charge is 2.00 e. The first-order valence-electron chi connectivity index (χ1n) is 3.93. The summed E-state index contributed by atoms with van der Waals surface area (Å²) in [6.07, 6.45) is 8.24. The van der Waals surface area contributed by atoms with Crippen molar-refractivity contribution < 1.29 is 36.2 Å². The number of carbonyl (C=O) groups excluding carboxylic acids is 3. The predicted molar refractivity (Wildman–Crippen MR) is 57.8 cm³/mol. The van der Waals surface area contributed by atoms with Crippen LogP contribution in [0.25, 0.3) is 0 Å². The summed E-state index contributed by atoms with van der Waals surface area (Å²) in [7, 11) is 0. The number of epoxide rings is 1. The quantitative estimate of drug-likeness (QED) is 0.377. The van der Waals surface area contributed by atoms with Gasteiger partial charge in [0.1, 0.15) is 20.4 Å². The Balaban J connectivity index is -0.0000000627. The van der Waals surface area contributed by atoms with E-state index < -0.39 is 0 Å².